The van der Waals surface area contributed by atoms with Crippen LogP contribution in [0, 0.1) is 0 Å². The molecule has 0 amide bonds. The molecule has 1 fully saturated rings. The second kappa shape index (κ2) is 5.56. The fourth-order valence-corrected chi connectivity index (χ4v) is 3.44. The Bertz CT molecular complexity index is 1040. The molecular formula is C18H19N7. The first-order chi connectivity index (χ1) is 12.3. The molecule has 0 unspecified atom stereocenters. The molecule has 0 atom stereocenters. The highest BCUT2D eigenvalue weighted by Gasteiger charge is 2.16. The Morgan fingerprint density at radius 1 is 1.08 bits per heavy atom. The van der Waals surface area contributed by atoms with Gasteiger partial charge in [0.2, 0.25) is 0 Å². The van der Waals surface area contributed by atoms with Gasteiger partial charge in [0.15, 0.2) is 5.65 Å². The van der Waals surface area contributed by atoms with Gasteiger partial charge in [0.1, 0.15) is 12.0 Å². The van der Waals surface area contributed by atoms with Crippen LogP contribution in [0.5, 0.6) is 0 Å². The zero-order chi connectivity index (χ0) is 16.8. The molecule has 25 heavy (non-hydrogen) atoms. The second-order valence-electron chi connectivity index (χ2n) is 6.56. The maximum absolute atomic E-state index is 4.63. The Balaban J connectivity index is 1.57. The monoisotopic (exact) mass is 333 g/mol. The van der Waals surface area contributed by atoms with E-state index in [2.05, 4.69) is 49.0 Å². The summed E-state index contributed by atoms with van der Waals surface area (Å²) in [7, 11) is 2.17. The van der Waals surface area contributed by atoms with Crippen molar-refractivity contribution in [3.8, 4) is 11.1 Å². The van der Waals surface area contributed by atoms with Gasteiger partial charge in [0.05, 0.1) is 11.9 Å². The zero-order valence-electron chi connectivity index (χ0n) is 14.1. The van der Waals surface area contributed by atoms with E-state index in [9.17, 15) is 0 Å². The molecular weight excluding hydrogens is 314 g/mol. The first-order valence-corrected chi connectivity index (χ1v) is 8.48. The molecule has 126 valence electrons. The van der Waals surface area contributed by atoms with E-state index in [1.165, 1.54) is 5.69 Å². The Labute approximate surface area is 144 Å². The smallest absolute Gasteiger partial charge is 0.155 e. The summed E-state index contributed by atoms with van der Waals surface area (Å²) in [6, 6.07) is 6.30. The van der Waals surface area contributed by atoms with Crippen LogP contribution in [0.15, 0.2) is 43.1 Å². The van der Waals surface area contributed by atoms with E-state index in [0.29, 0.717) is 0 Å². The third-order valence-electron chi connectivity index (χ3n) is 4.97. The SMILES string of the molecule is CN1CCN(c2cnc3[nH]cc(-c4ccc5ncnn5c4)c3c2)CC1. The van der Waals surface area contributed by atoms with E-state index < -0.39 is 0 Å². The molecule has 0 saturated carbocycles. The summed E-state index contributed by atoms with van der Waals surface area (Å²) in [5.41, 5.74) is 5.17. The Morgan fingerprint density at radius 2 is 1.96 bits per heavy atom. The van der Waals surface area contributed by atoms with Crippen LogP contribution in [-0.4, -0.2) is 62.7 Å². The van der Waals surface area contributed by atoms with Gasteiger partial charge in [-0.3, -0.25) is 0 Å². The molecule has 1 saturated heterocycles. The van der Waals surface area contributed by atoms with Crippen LogP contribution in [0.25, 0.3) is 27.8 Å². The quantitative estimate of drug-likeness (QED) is 0.608. The predicted molar refractivity (Wildman–Crippen MR) is 97.8 cm³/mol. The number of nitrogens with zero attached hydrogens (tertiary/aromatic N) is 6. The van der Waals surface area contributed by atoms with Crippen molar-refractivity contribution < 1.29 is 0 Å². The van der Waals surface area contributed by atoms with Crippen LogP contribution in [0.3, 0.4) is 0 Å². The number of nitrogens with one attached hydrogen (secondary N) is 1. The second-order valence-corrected chi connectivity index (χ2v) is 6.56. The number of likely N-dealkylation sites (N-methyl/N-ethyl adjacent to an activating group) is 1. The van der Waals surface area contributed by atoms with Crippen LogP contribution in [0.1, 0.15) is 0 Å². The summed E-state index contributed by atoms with van der Waals surface area (Å²) in [5, 5.41) is 5.37. The van der Waals surface area contributed by atoms with Crippen molar-refractivity contribution in [1.82, 2.24) is 29.5 Å². The van der Waals surface area contributed by atoms with Crippen LogP contribution in [-0.2, 0) is 0 Å². The molecule has 0 spiro atoms. The highest BCUT2D eigenvalue weighted by atomic mass is 15.3. The van der Waals surface area contributed by atoms with Crippen molar-refractivity contribution in [2.45, 2.75) is 0 Å². The predicted octanol–water partition coefficient (Wildman–Crippen LogP) is 2.02. The maximum Gasteiger partial charge on any atom is 0.155 e. The largest absolute Gasteiger partial charge is 0.368 e. The molecule has 0 bridgehead atoms. The third-order valence-corrected chi connectivity index (χ3v) is 4.97. The van der Waals surface area contributed by atoms with Gasteiger partial charge in [-0.05, 0) is 25.2 Å². The lowest BCUT2D eigenvalue weighted by Crippen LogP contribution is -2.44. The molecule has 7 heteroatoms. The molecule has 1 N–H and O–H groups in total. The lowest BCUT2D eigenvalue weighted by Gasteiger charge is -2.33. The summed E-state index contributed by atoms with van der Waals surface area (Å²) in [4.78, 5) is 16.9. The number of hydrogen-bond donors (Lipinski definition) is 1. The number of aromatic amines is 1. The first-order valence-electron chi connectivity index (χ1n) is 8.48. The Hall–Kier alpha value is -2.93. The number of anilines is 1. The van der Waals surface area contributed by atoms with Gasteiger partial charge >= 0.3 is 0 Å². The van der Waals surface area contributed by atoms with E-state index in [1.807, 2.05) is 24.7 Å². The summed E-state index contributed by atoms with van der Waals surface area (Å²) in [5.74, 6) is 0. The molecule has 0 aliphatic carbocycles. The average molecular weight is 333 g/mol. The van der Waals surface area contributed by atoms with E-state index in [0.717, 1.165) is 54.0 Å². The normalized spacial score (nSPS) is 16.1. The average Bonchev–Trinajstić information content (AvgIpc) is 3.27. The van der Waals surface area contributed by atoms with E-state index in [-0.39, 0.29) is 0 Å². The van der Waals surface area contributed by atoms with Gasteiger partial charge in [-0.25, -0.2) is 14.5 Å². The molecule has 0 aromatic carbocycles. The number of H-pyrrole nitrogens is 1. The summed E-state index contributed by atoms with van der Waals surface area (Å²) < 4.78 is 1.80. The minimum atomic E-state index is 0.847. The fraction of sp³-hybridized carbons (Fsp3) is 0.278. The van der Waals surface area contributed by atoms with Gasteiger partial charge in [0.25, 0.3) is 0 Å². The van der Waals surface area contributed by atoms with Crippen LogP contribution >= 0.6 is 0 Å². The Morgan fingerprint density at radius 3 is 2.84 bits per heavy atom. The minimum Gasteiger partial charge on any atom is -0.368 e. The van der Waals surface area contributed by atoms with E-state index >= 15 is 0 Å². The first kappa shape index (κ1) is 14.4. The standard InChI is InChI=1S/C18H19N7/c1-23-4-6-24(7-5-23)14-8-15-16(10-20-18(15)19-9-14)13-2-3-17-21-12-22-25(17)11-13/h2-3,8-12H,4-7H2,1H3,(H,19,20). The summed E-state index contributed by atoms with van der Waals surface area (Å²) >= 11 is 0. The van der Waals surface area contributed by atoms with Crippen molar-refractivity contribution in [2.75, 3.05) is 38.1 Å². The van der Waals surface area contributed by atoms with Crippen molar-refractivity contribution in [2.24, 2.45) is 0 Å². The summed E-state index contributed by atoms with van der Waals surface area (Å²) in [6.07, 6.45) is 7.56. The molecule has 7 nitrogen and oxygen atoms in total. The van der Waals surface area contributed by atoms with E-state index in [1.54, 1.807) is 10.8 Å². The zero-order valence-corrected chi connectivity index (χ0v) is 14.1. The maximum atomic E-state index is 4.63. The summed E-state index contributed by atoms with van der Waals surface area (Å²) in [6.45, 7) is 4.24. The van der Waals surface area contributed by atoms with Crippen LogP contribution in [0.4, 0.5) is 5.69 Å². The van der Waals surface area contributed by atoms with Crippen LogP contribution < -0.4 is 4.90 Å². The molecule has 0 radical (unpaired) electrons. The highest BCUT2D eigenvalue weighted by molar-refractivity contribution is 5.95. The van der Waals surface area contributed by atoms with Crippen LogP contribution in [0.2, 0.25) is 0 Å². The number of aromatic nitrogens is 5. The van der Waals surface area contributed by atoms with Gasteiger partial charge in [-0.15, -0.1) is 0 Å². The number of rotatable bonds is 2. The van der Waals surface area contributed by atoms with Gasteiger partial charge in [-0.1, -0.05) is 0 Å². The topological polar surface area (TPSA) is 65.3 Å². The molecule has 5 heterocycles. The molecule has 1 aliphatic heterocycles. The van der Waals surface area contributed by atoms with E-state index in [4.69, 9.17) is 0 Å². The lowest BCUT2D eigenvalue weighted by atomic mass is 10.1. The minimum absolute atomic E-state index is 0.847. The highest BCUT2D eigenvalue weighted by Crippen LogP contribution is 2.30. The molecule has 4 aromatic rings. The third kappa shape index (κ3) is 2.44. The fourth-order valence-electron chi connectivity index (χ4n) is 3.44. The molecule has 5 rings (SSSR count). The number of piperazine rings is 1. The van der Waals surface area contributed by atoms with Gasteiger partial charge < -0.3 is 14.8 Å². The van der Waals surface area contributed by atoms with Gasteiger partial charge in [0, 0.05) is 55.1 Å². The Kier molecular flexibility index (Phi) is 3.21. The van der Waals surface area contributed by atoms with Crippen molar-refractivity contribution >= 4 is 22.4 Å². The number of hydrogen-bond acceptors (Lipinski definition) is 5. The number of fused-ring (bicyclic) bond motifs is 2. The number of pyridine rings is 2. The van der Waals surface area contributed by atoms with Crippen molar-refractivity contribution in [1.29, 1.82) is 0 Å². The molecule has 4 aromatic heterocycles. The van der Waals surface area contributed by atoms with Crippen molar-refractivity contribution in [3.63, 3.8) is 0 Å². The van der Waals surface area contributed by atoms with Crippen molar-refractivity contribution in [3.05, 3.63) is 43.1 Å². The van der Waals surface area contributed by atoms with Gasteiger partial charge in [-0.2, -0.15) is 5.10 Å². The lowest BCUT2D eigenvalue weighted by molar-refractivity contribution is 0.313. The molecule has 1 aliphatic rings.